The largest absolute Gasteiger partial charge is 0.461 e. The molecule has 1 fully saturated rings. The van der Waals surface area contributed by atoms with E-state index in [0.717, 1.165) is 24.5 Å². The van der Waals surface area contributed by atoms with E-state index >= 15 is 0 Å². The number of halogens is 2. The summed E-state index contributed by atoms with van der Waals surface area (Å²) in [5.41, 5.74) is 1.09. The maximum Gasteiger partial charge on any atom is 0.270 e. The van der Waals surface area contributed by atoms with Crippen molar-refractivity contribution < 1.29 is 9.21 Å². The number of nitrogens with one attached hydrogen (secondary N) is 1. The third-order valence-corrected chi connectivity index (χ3v) is 9.01. The van der Waals surface area contributed by atoms with Crippen molar-refractivity contribution in [1.82, 2.24) is 30.0 Å². The number of thioether (sulfide) groups is 1. The van der Waals surface area contributed by atoms with Crippen LogP contribution in [0.1, 0.15) is 48.1 Å². The first-order valence-electron chi connectivity index (χ1n) is 12.5. The SMILES string of the molecule is CC1CCCCN1CCCNC(=O)c1csc(CSc2nnc(-c3ccco3)n2-c2cc(Cl)ccc2Cl)n1. The van der Waals surface area contributed by atoms with Gasteiger partial charge in [0.25, 0.3) is 5.91 Å². The third kappa shape index (κ3) is 6.43. The van der Waals surface area contributed by atoms with Gasteiger partial charge in [0.1, 0.15) is 10.7 Å². The Morgan fingerprint density at radius 2 is 2.16 bits per heavy atom. The normalized spacial score (nSPS) is 16.1. The number of benzene rings is 1. The highest BCUT2D eigenvalue weighted by molar-refractivity contribution is 7.98. The highest BCUT2D eigenvalue weighted by Gasteiger charge is 2.21. The van der Waals surface area contributed by atoms with Crippen LogP contribution in [-0.2, 0) is 5.75 Å². The number of aromatic nitrogens is 4. The summed E-state index contributed by atoms with van der Waals surface area (Å²) in [7, 11) is 0. The highest BCUT2D eigenvalue weighted by Crippen LogP contribution is 2.34. The van der Waals surface area contributed by atoms with Crippen molar-refractivity contribution in [3.05, 3.63) is 62.7 Å². The fraction of sp³-hybridized carbons (Fsp3) is 0.385. The minimum atomic E-state index is -0.141. The maximum absolute atomic E-state index is 12.6. The van der Waals surface area contributed by atoms with E-state index in [1.165, 1.54) is 42.4 Å². The van der Waals surface area contributed by atoms with Crippen LogP contribution in [0.15, 0.2) is 51.5 Å². The minimum absolute atomic E-state index is 0.141. The van der Waals surface area contributed by atoms with Gasteiger partial charge in [-0.15, -0.1) is 21.5 Å². The molecule has 1 aromatic carbocycles. The molecule has 0 bridgehead atoms. The minimum Gasteiger partial charge on any atom is -0.461 e. The van der Waals surface area contributed by atoms with Crippen LogP contribution in [0, 0.1) is 0 Å². The summed E-state index contributed by atoms with van der Waals surface area (Å²) in [6.07, 6.45) is 6.36. The lowest BCUT2D eigenvalue weighted by atomic mass is 10.0. The molecule has 5 rings (SSSR count). The Kier molecular flexibility index (Phi) is 9.06. The predicted octanol–water partition coefficient (Wildman–Crippen LogP) is 6.58. The lowest BCUT2D eigenvalue weighted by Gasteiger charge is -2.33. The van der Waals surface area contributed by atoms with E-state index in [0.29, 0.717) is 56.5 Å². The van der Waals surface area contributed by atoms with Gasteiger partial charge in [0, 0.05) is 29.5 Å². The zero-order valence-electron chi connectivity index (χ0n) is 20.9. The molecule has 1 aliphatic heterocycles. The average Bonchev–Trinajstić information content (AvgIpc) is 3.68. The molecule has 38 heavy (non-hydrogen) atoms. The summed E-state index contributed by atoms with van der Waals surface area (Å²) >= 11 is 15.7. The van der Waals surface area contributed by atoms with Gasteiger partial charge in [-0.25, -0.2) is 4.98 Å². The molecule has 4 aromatic rings. The maximum atomic E-state index is 12.6. The van der Waals surface area contributed by atoms with Crippen molar-refractivity contribution in [2.24, 2.45) is 0 Å². The fourth-order valence-corrected chi connectivity index (χ4v) is 6.58. The number of amides is 1. The van der Waals surface area contributed by atoms with Crippen molar-refractivity contribution in [2.75, 3.05) is 19.6 Å². The summed E-state index contributed by atoms with van der Waals surface area (Å²) in [6, 6.07) is 9.46. The molecule has 1 aliphatic rings. The summed E-state index contributed by atoms with van der Waals surface area (Å²) in [5.74, 6) is 1.44. The van der Waals surface area contributed by atoms with Gasteiger partial charge in [-0.2, -0.15) is 0 Å². The van der Waals surface area contributed by atoms with Crippen molar-refractivity contribution in [3.8, 4) is 17.3 Å². The fourth-order valence-electron chi connectivity index (χ4n) is 4.48. The van der Waals surface area contributed by atoms with Crippen LogP contribution in [0.2, 0.25) is 10.0 Å². The molecular formula is C26H28Cl2N6O2S2. The summed E-state index contributed by atoms with van der Waals surface area (Å²) in [6.45, 7) is 5.10. The van der Waals surface area contributed by atoms with Gasteiger partial charge in [0.05, 0.1) is 22.7 Å². The van der Waals surface area contributed by atoms with E-state index in [2.05, 4.69) is 32.3 Å². The number of carbonyl (C=O) groups excluding carboxylic acids is 1. The number of carbonyl (C=O) groups is 1. The molecule has 1 saturated heterocycles. The first-order chi connectivity index (χ1) is 18.5. The van der Waals surface area contributed by atoms with Crippen LogP contribution in [0.3, 0.4) is 0 Å². The van der Waals surface area contributed by atoms with Crippen LogP contribution >= 0.6 is 46.3 Å². The van der Waals surface area contributed by atoms with Gasteiger partial charge < -0.3 is 14.6 Å². The van der Waals surface area contributed by atoms with E-state index in [4.69, 9.17) is 27.6 Å². The Morgan fingerprint density at radius 1 is 1.26 bits per heavy atom. The molecule has 4 heterocycles. The molecular weight excluding hydrogens is 563 g/mol. The summed E-state index contributed by atoms with van der Waals surface area (Å²) in [4.78, 5) is 19.7. The predicted molar refractivity (Wildman–Crippen MR) is 153 cm³/mol. The molecule has 1 N–H and O–H groups in total. The number of piperidine rings is 1. The van der Waals surface area contributed by atoms with Crippen LogP contribution in [-0.4, -0.2) is 56.2 Å². The number of thiazole rings is 1. The molecule has 1 atom stereocenters. The van der Waals surface area contributed by atoms with E-state index in [9.17, 15) is 4.79 Å². The molecule has 1 unspecified atom stereocenters. The summed E-state index contributed by atoms with van der Waals surface area (Å²) < 4.78 is 7.39. The molecule has 3 aromatic heterocycles. The van der Waals surface area contributed by atoms with Crippen LogP contribution < -0.4 is 5.32 Å². The highest BCUT2D eigenvalue weighted by atomic mass is 35.5. The van der Waals surface area contributed by atoms with Crippen molar-refractivity contribution in [2.45, 2.75) is 49.6 Å². The summed E-state index contributed by atoms with van der Waals surface area (Å²) in [5, 5.41) is 16.0. The quantitative estimate of drug-likeness (QED) is 0.165. The van der Waals surface area contributed by atoms with Crippen LogP contribution in [0.4, 0.5) is 0 Å². The molecule has 8 nitrogen and oxygen atoms in total. The number of hydrogen-bond acceptors (Lipinski definition) is 8. The second-order valence-electron chi connectivity index (χ2n) is 9.12. The van der Waals surface area contributed by atoms with E-state index in [1.807, 2.05) is 10.6 Å². The van der Waals surface area contributed by atoms with Crippen molar-refractivity contribution in [1.29, 1.82) is 0 Å². The topological polar surface area (TPSA) is 89.1 Å². The van der Waals surface area contributed by atoms with Crippen LogP contribution in [0.5, 0.6) is 0 Å². The van der Waals surface area contributed by atoms with Crippen molar-refractivity contribution in [3.63, 3.8) is 0 Å². The van der Waals surface area contributed by atoms with Gasteiger partial charge in [0.15, 0.2) is 10.9 Å². The molecule has 1 amide bonds. The Morgan fingerprint density at radius 3 is 2.97 bits per heavy atom. The lowest BCUT2D eigenvalue weighted by Crippen LogP contribution is -2.39. The molecule has 12 heteroatoms. The molecule has 0 aliphatic carbocycles. The number of rotatable bonds is 10. The molecule has 0 radical (unpaired) electrons. The number of furan rings is 1. The first-order valence-corrected chi connectivity index (χ1v) is 15.2. The number of nitrogens with zero attached hydrogens (tertiary/aromatic N) is 5. The molecule has 200 valence electrons. The molecule has 0 saturated carbocycles. The van der Waals surface area contributed by atoms with Crippen molar-refractivity contribution >= 4 is 52.2 Å². The third-order valence-electron chi connectivity index (χ3n) is 6.48. The standard InChI is InChI=1S/C26H28Cl2N6O2S2/c1-17-6-2-3-11-33(17)12-5-10-29-25(35)20-15-37-23(30-20)16-38-26-32-31-24(22-7-4-13-36-22)34(26)21-14-18(27)8-9-19(21)28/h4,7-9,13-15,17H,2-3,5-6,10-12,16H2,1H3,(H,29,35). The lowest BCUT2D eigenvalue weighted by molar-refractivity contribution is 0.0944. The van der Waals surface area contributed by atoms with E-state index in [-0.39, 0.29) is 5.91 Å². The monoisotopic (exact) mass is 590 g/mol. The zero-order chi connectivity index (χ0) is 26.5. The van der Waals surface area contributed by atoms with Crippen LogP contribution in [0.25, 0.3) is 17.3 Å². The second-order valence-corrected chi connectivity index (χ2v) is 11.8. The van der Waals surface area contributed by atoms with E-state index < -0.39 is 0 Å². The Bertz CT molecular complexity index is 1370. The zero-order valence-corrected chi connectivity index (χ0v) is 24.0. The van der Waals surface area contributed by atoms with Gasteiger partial charge >= 0.3 is 0 Å². The number of hydrogen-bond donors (Lipinski definition) is 1. The number of likely N-dealkylation sites (tertiary alicyclic amines) is 1. The van der Waals surface area contributed by atoms with Gasteiger partial charge in [-0.1, -0.05) is 41.4 Å². The molecule has 0 spiro atoms. The van der Waals surface area contributed by atoms with Gasteiger partial charge in [-0.3, -0.25) is 9.36 Å². The Balaban J connectivity index is 1.22. The Labute approximate surface area is 239 Å². The van der Waals surface area contributed by atoms with Gasteiger partial charge in [-0.05, 0) is 63.1 Å². The second kappa shape index (κ2) is 12.7. The first kappa shape index (κ1) is 27.2. The van der Waals surface area contributed by atoms with Gasteiger partial charge in [0.2, 0.25) is 5.82 Å². The average molecular weight is 592 g/mol. The smallest absolute Gasteiger partial charge is 0.270 e. The Hall–Kier alpha value is -2.37. The van der Waals surface area contributed by atoms with E-state index in [1.54, 1.807) is 35.9 Å².